The van der Waals surface area contributed by atoms with Crippen molar-refractivity contribution in [1.82, 2.24) is 15.8 Å². The Morgan fingerprint density at radius 1 is 1.27 bits per heavy atom. The van der Waals surface area contributed by atoms with Crippen LogP contribution in [-0.4, -0.2) is 67.2 Å². The smallest absolute Gasteiger partial charge is 0.256 e. The predicted molar refractivity (Wildman–Crippen MR) is 106 cm³/mol. The topological polar surface area (TPSA) is 112 Å². The van der Waals surface area contributed by atoms with E-state index in [0.29, 0.717) is 37.6 Å². The first-order valence-electron chi connectivity index (χ1n) is 10.6. The molecule has 164 valence electrons. The first-order chi connectivity index (χ1) is 14.6. The zero-order valence-electron chi connectivity index (χ0n) is 17.2. The van der Waals surface area contributed by atoms with Crippen molar-refractivity contribution in [2.24, 2.45) is 0 Å². The number of carbonyl (C=O) groups is 2. The molecule has 1 saturated carbocycles. The van der Waals surface area contributed by atoms with Crippen molar-refractivity contribution in [1.29, 1.82) is 0 Å². The molecule has 1 aliphatic carbocycles. The molecular formula is C21H29N3O6. The van der Waals surface area contributed by atoms with Crippen molar-refractivity contribution in [3.63, 3.8) is 0 Å². The van der Waals surface area contributed by atoms with Gasteiger partial charge >= 0.3 is 0 Å². The van der Waals surface area contributed by atoms with E-state index in [1.165, 1.54) is 6.20 Å². The molecule has 9 heteroatoms. The average molecular weight is 419 g/mol. The lowest BCUT2D eigenvalue weighted by atomic mass is 9.82. The molecule has 3 fully saturated rings. The van der Waals surface area contributed by atoms with Gasteiger partial charge in [0.1, 0.15) is 23.9 Å². The van der Waals surface area contributed by atoms with Gasteiger partial charge < -0.3 is 29.4 Å². The summed E-state index contributed by atoms with van der Waals surface area (Å²) in [5, 5.41) is 9.74. The van der Waals surface area contributed by atoms with Crippen molar-refractivity contribution >= 4 is 11.8 Å². The summed E-state index contributed by atoms with van der Waals surface area (Å²) in [6, 6.07) is -0.578. The fourth-order valence-electron chi connectivity index (χ4n) is 4.08. The Labute approximate surface area is 175 Å². The van der Waals surface area contributed by atoms with E-state index >= 15 is 0 Å². The molecule has 0 radical (unpaired) electrons. The van der Waals surface area contributed by atoms with Crippen LogP contribution in [0.5, 0.6) is 0 Å². The van der Waals surface area contributed by atoms with Gasteiger partial charge in [-0.2, -0.15) is 0 Å². The van der Waals surface area contributed by atoms with Gasteiger partial charge in [-0.3, -0.25) is 9.59 Å². The molecule has 0 aromatic carbocycles. The first kappa shape index (κ1) is 21.0. The van der Waals surface area contributed by atoms with E-state index in [1.807, 2.05) is 0 Å². The average Bonchev–Trinajstić information content (AvgIpc) is 3.39. The maximum absolute atomic E-state index is 12.8. The molecule has 3 aliphatic rings. The largest absolute Gasteiger partial charge is 0.371 e. The van der Waals surface area contributed by atoms with Crippen molar-refractivity contribution in [2.75, 3.05) is 19.8 Å². The molecule has 3 heterocycles. The van der Waals surface area contributed by atoms with Gasteiger partial charge in [-0.15, -0.1) is 6.58 Å². The summed E-state index contributed by atoms with van der Waals surface area (Å²) >= 11 is 0. The highest BCUT2D eigenvalue weighted by atomic mass is 16.6. The number of nitrogens with one attached hydrogen (secondary N) is 2. The van der Waals surface area contributed by atoms with E-state index in [0.717, 1.165) is 19.3 Å². The fourth-order valence-corrected chi connectivity index (χ4v) is 4.08. The zero-order valence-corrected chi connectivity index (χ0v) is 17.2. The number of ether oxygens (including phenoxy) is 3. The van der Waals surface area contributed by atoms with E-state index in [2.05, 4.69) is 22.4 Å². The highest BCUT2D eigenvalue weighted by molar-refractivity contribution is 5.95. The van der Waals surface area contributed by atoms with Gasteiger partial charge in [0.15, 0.2) is 5.76 Å². The Hall–Kier alpha value is -2.23. The Morgan fingerprint density at radius 3 is 2.60 bits per heavy atom. The molecule has 0 spiro atoms. The third-order valence-electron chi connectivity index (χ3n) is 6.08. The van der Waals surface area contributed by atoms with Crippen molar-refractivity contribution in [2.45, 2.75) is 68.9 Å². The second-order valence-electron chi connectivity index (χ2n) is 8.11. The first-order valence-corrected chi connectivity index (χ1v) is 10.6. The Balaban J connectivity index is 1.30. The van der Waals surface area contributed by atoms with E-state index in [1.54, 1.807) is 13.0 Å². The van der Waals surface area contributed by atoms with Gasteiger partial charge in [-0.25, -0.2) is 0 Å². The normalized spacial score (nSPS) is 29.1. The predicted octanol–water partition coefficient (Wildman–Crippen LogP) is 1.30. The number of nitrogens with zero attached hydrogens (tertiary/aromatic N) is 1. The van der Waals surface area contributed by atoms with Crippen LogP contribution in [0.2, 0.25) is 0 Å². The van der Waals surface area contributed by atoms with Crippen LogP contribution in [-0.2, 0) is 19.0 Å². The van der Waals surface area contributed by atoms with Crippen LogP contribution in [0.1, 0.15) is 54.6 Å². The molecule has 2 aliphatic heterocycles. The second-order valence-corrected chi connectivity index (χ2v) is 8.11. The van der Waals surface area contributed by atoms with Crippen LogP contribution in [0.15, 0.2) is 23.4 Å². The number of hydrogen-bond donors (Lipinski definition) is 2. The molecule has 2 saturated heterocycles. The van der Waals surface area contributed by atoms with Crippen LogP contribution < -0.4 is 10.6 Å². The summed E-state index contributed by atoms with van der Waals surface area (Å²) < 4.78 is 22.5. The SMILES string of the molecule is C=CCCOC(C)C(=O)N[C@H]1CO[C@H]2[C@@H]1OC[C@@H]2NC(=O)c1cnoc1C1CCC1. The minimum Gasteiger partial charge on any atom is -0.371 e. The van der Waals surface area contributed by atoms with E-state index in [4.69, 9.17) is 18.7 Å². The molecule has 1 aromatic heterocycles. The molecule has 0 bridgehead atoms. The van der Waals surface area contributed by atoms with E-state index in [9.17, 15) is 9.59 Å². The summed E-state index contributed by atoms with van der Waals surface area (Å²) in [5.74, 6) is 0.503. The summed E-state index contributed by atoms with van der Waals surface area (Å²) in [6.45, 7) is 6.44. The third kappa shape index (κ3) is 4.28. The lowest BCUT2D eigenvalue weighted by Crippen LogP contribution is -2.49. The van der Waals surface area contributed by atoms with E-state index < -0.39 is 6.10 Å². The molecule has 2 N–H and O–H groups in total. The highest BCUT2D eigenvalue weighted by Crippen LogP contribution is 2.38. The summed E-state index contributed by atoms with van der Waals surface area (Å²) in [7, 11) is 0. The molecule has 4 rings (SSSR count). The number of carbonyl (C=O) groups excluding carboxylic acids is 2. The van der Waals surface area contributed by atoms with Gasteiger partial charge in [0, 0.05) is 5.92 Å². The van der Waals surface area contributed by atoms with Crippen LogP contribution >= 0.6 is 0 Å². The maximum Gasteiger partial charge on any atom is 0.256 e. The summed E-state index contributed by atoms with van der Waals surface area (Å²) in [4.78, 5) is 25.1. The van der Waals surface area contributed by atoms with Crippen molar-refractivity contribution < 1.29 is 28.3 Å². The molecule has 30 heavy (non-hydrogen) atoms. The number of rotatable bonds is 9. The van der Waals surface area contributed by atoms with Gasteiger partial charge in [0.25, 0.3) is 5.91 Å². The van der Waals surface area contributed by atoms with Gasteiger partial charge in [-0.1, -0.05) is 17.7 Å². The van der Waals surface area contributed by atoms with Crippen LogP contribution in [0.3, 0.4) is 0 Å². The van der Waals surface area contributed by atoms with Crippen LogP contribution in [0, 0.1) is 0 Å². The second kappa shape index (κ2) is 9.28. The zero-order chi connectivity index (χ0) is 21.1. The Kier molecular flexibility index (Phi) is 6.50. The molecule has 1 aromatic rings. The number of aromatic nitrogens is 1. The molecular weight excluding hydrogens is 390 g/mol. The monoisotopic (exact) mass is 419 g/mol. The quantitative estimate of drug-likeness (QED) is 0.458. The lowest BCUT2D eigenvalue weighted by molar-refractivity contribution is -0.133. The van der Waals surface area contributed by atoms with Gasteiger partial charge in [0.05, 0.1) is 38.1 Å². The lowest BCUT2D eigenvalue weighted by Gasteiger charge is -2.23. The van der Waals surface area contributed by atoms with Crippen molar-refractivity contribution in [3.8, 4) is 0 Å². The van der Waals surface area contributed by atoms with Crippen LogP contribution in [0.25, 0.3) is 0 Å². The Morgan fingerprint density at radius 2 is 1.97 bits per heavy atom. The third-order valence-corrected chi connectivity index (χ3v) is 6.08. The highest BCUT2D eigenvalue weighted by Gasteiger charge is 2.49. The fraction of sp³-hybridized carbons (Fsp3) is 0.667. The summed E-state index contributed by atoms with van der Waals surface area (Å²) in [6.07, 6.45) is 5.90. The number of amides is 2. The molecule has 9 nitrogen and oxygen atoms in total. The minimum atomic E-state index is -0.570. The van der Waals surface area contributed by atoms with Gasteiger partial charge in [-0.05, 0) is 26.2 Å². The number of hydrogen-bond acceptors (Lipinski definition) is 7. The molecule has 1 unspecified atom stereocenters. The minimum absolute atomic E-state index is 0.209. The van der Waals surface area contributed by atoms with Gasteiger partial charge in [0.2, 0.25) is 5.91 Å². The maximum atomic E-state index is 12.8. The Bertz CT molecular complexity index is 777. The van der Waals surface area contributed by atoms with Crippen LogP contribution in [0.4, 0.5) is 0 Å². The summed E-state index contributed by atoms with van der Waals surface area (Å²) in [5.41, 5.74) is 0.483. The molecule has 5 atom stereocenters. The van der Waals surface area contributed by atoms with E-state index in [-0.39, 0.29) is 42.0 Å². The molecule has 2 amide bonds. The number of fused-ring (bicyclic) bond motifs is 1. The standard InChI is InChI=1S/C21H29N3O6/c1-3-4-8-27-12(2)20(25)23-15-10-28-19-16(11-29-18(15)19)24-21(26)14-9-22-30-17(14)13-6-5-7-13/h3,9,12-13,15-16,18-19H,1,4-8,10-11H2,2H3,(H,23,25)(H,24,26)/t12?,15-,16-,18+,19+/m0/s1. The van der Waals surface area contributed by atoms with Crippen molar-refractivity contribution in [3.05, 3.63) is 30.2 Å².